The molecule has 0 bridgehead atoms. The minimum atomic E-state index is 0.207. The van der Waals surface area contributed by atoms with Gasteiger partial charge in [-0.15, -0.1) is 0 Å². The van der Waals surface area contributed by atoms with Crippen LogP contribution in [0.2, 0.25) is 0 Å². The predicted octanol–water partition coefficient (Wildman–Crippen LogP) is 0.169. The van der Waals surface area contributed by atoms with Crippen molar-refractivity contribution in [2.45, 2.75) is 20.3 Å². The molecule has 0 aromatic heterocycles. The maximum absolute atomic E-state index is 11.8. The van der Waals surface area contributed by atoms with E-state index in [0.717, 1.165) is 32.6 Å². The topological polar surface area (TPSA) is 43.8 Å². The van der Waals surface area contributed by atoms with Gasteiger partial charge in [-0.25, -0.2) is 0 Å². The van der Waals surface area contributed by atoms with Crippen LogP contribution in [0.1, 0.15) is 20.3 Å². The number of hydrogen-bond acceptors (Lipinski definition) is 3. The lowest BCUT2D eigenvalue weighted by Gasteiger charge is -2.22. The van der Waals surface area contributed by atoms with E-state index >= 15 is 0 Å². The molecule has 0 aromatic carbocycles. The van der Waals surface area contributed by atoms with Gasteiger partial charge in [-0.05, 0) is 32.7 Å². The van der Waals surface area contributed by atoms with E-state index in [4.69, 9.17) is 5.11 Å². The standard InChI is InChI=1S/C11H22N2O2/c1-3-13(4-2)11(15)8-12-6-5-10(7-12)9-14/h10,14H,3-9H2,1-2H3/t10-/m0/s1. The summed E-state index contributed by atoms with van der Waals surface area (Å²) < 4.78 is 0. The van der Waals surface area contributed by atoms with Crippen LogP contribution in [0, 0.1) is 5.92 Å². The van der Waals surface area contributed by atoms with E-state index in [-0.39, 0.29) is 12.5 Å². The lowest BCUT2D eigenvalue weighted by Crippen LogP contribution is -2.39. The van der Waals surface area contributed by atoms with E-state index in [2.05, 4.69) is 4.90 Å². The molecule has 4 heteroatoms. The van der Waals surface area contributed by atoms with Crippen LogP contribution < -0.4 is 0 Å². The summed E-state index contributed by atoms with van der Waals surface area (Å²) in [6.07, 6.45) is 1.02. The van der Waals surface area contributed by atoms with Gasteiger partial charge >= 0.3 is 0 Å². The highest BCUT2D eigenvalue weighted by molar-refractivity contribution is 5.78. The Bertz CT molecular complexity index is 205. The summed E-state index contributed by atoms with van der Waals surface area (Å²) >= 11 is 0. The molecule has 0 spiro atoms. The number of amides is 1. The van der Waals surface area contributed by atoms with Crippen LogP contribution in [0.4, 0.5) is 0 Å². The third-order valence-electron chi connectivity index (χ3n) is 3.10. The van der Waals surface area contributed by atoms with Gasteiger partial charge < -0.3 is 10.0 Å². The summed E-state index contributed by atoms with van der Waals surface area (Å²) in [5.41, 5.74) is 0. The normalized spacial score (nSPS) is 21.9. The van der Waals surface area contributed by atoms with Crippen molar-refractivity contribution in [2.75, 3.05) is 39.3 Å². The van der Waals surface area contributed by atoms with Crippen LogP contribution in [-0.4, -0.2) is 60.1 Å². The molecule has 1 saturated heterocycles. The van der Waals surface area contributed by atoms with Gasteiger partial charge in [0.1, 0.15) is 0 Å². The van der Waals surface area contributed by atoms with Gasteiger partial charge in [0, 0.05) is 26.2 Å². The van der Waals surface area contributed by atoms with Gasteiger partial charge in [0.25, 0.3) is 0 Å². The van der Waals surface area contributed by atoms with Crippen molar-refractivity contribution >= 4 is 5.91 Å². The molecule has 88 valence electrons. The Morgan fingerprint density at radius 2 is 2.13 bits per heavy atom. The highest BCUT2D eigenvalue weighted by Crippen LogP contribution is 2.14. The molecule has 0 aliphatic carbocycles. The Morgan fingerprint density at radius 1 is 1.47 bits per heavy atom. The van der Waals surface area contributed by atoms with Crippen molar-refractivity contribution in [1.29, 1.82) is 0 Å². The first-order valence-electron chi connectivity index (χ1n) is 5.82. The highest BCUT2D eigenvalue weighted by atomic mass is 16.3. The molecular weight excluding hydrogens is 192 g/mol. The van der Waals surface area contributed by atoms with Gasteiger partial charge in [0.2, 0.25) is 5.91 Å². The van der Waals surface area contributed by atoms with Crippen molar-refractivity contribution in [3.05, 3.63) is 0 Å². The van der Waals surface area contributed by atoms with Crippen molar-refractivity contribution in [3.63, 3.8) is 0 Å². The molecule has 1 fully saturated rings. The number of aliphatic hydroxyl groups is 1. The van der Waals surface area contributed by atoms with E-state index < -0.39 is 0 Å². The Hall–Kier alpha value is -0.610. The average molecular weight is 214 g/mol. The second-order valence-electron chi connectivity index (χ2n) is 4.14. The van der Waals surface area contributed by atoms with Gasteiger partial charge in [-0.3, -0.25) is 9.69 Å². The molecule has 1 N–H and O–H groups in total. The van der Waals surface area contributed by atoms with E-state index in [9.17, 15) is 4.79 Å². The first kappa shape index (κ1) is 12.5. The molecule has 1 atom stereocenters. The second-order valence-corrected chi connectivity index (χ2v) is 4.14. The number of rotatable bonds is 5. The van der Waals surface area contributed by atoms with Gasteiger partial charge in [-0.1, -0.05) is 0 Å². The number of likely N-dealkylation sites (N-methyl/N-ethyl adjacent to an activating group) is 1. The third kappa shape index (κ3) is 3.47. The Balaban J connectivity index is 2.32. The first-order valence-corrected chi connectivity index (χ1v) is 5.82. The smallest absolute Gasteiger partial charge is 0.236 e. The van der Waals surface area contributed by atoms with Gasteiger partial charge in [-0.2, -0.15) is 0 Å². The van der Waals surface area contributed by atoms with Crippen LogP contribution in [-0.2, 0) is 4.79 Å². The van der Waals surface area contributed by atoms with E-state index in [1.54, 1.807) is 0 Å². The summed E-state index contributed by atoms with van der Waals surface area (Å²) in [6, 6.07) is 0. The van der Waals surface area contributed by atoms with E-state index in [1.807, 2.05) is 18.7 Å². The van der Waals surface area contributed by atoms with Crippen LogP contribution >= 0.6 is 0 Å². The SMILES string of the molecule is CCN(CC)C(=O)CN1CC[C@H](CO)C1. The van der Waals surface area contributed by atoms with Crippen LogP contribution in [0.5, 0.6) is 0 Å². The number of carbonyl (C=O) groups is 1. The number of hydrogen-bond donors (Lipinski definition) is 1. The summed E-state index contributed by atoms with van der Waals surface area (Å²) in [4.78, 5) is 15.8. The minimum Gasteiger partial charge on any atom is -0.396 e. The maximum Gasteiger partial charge on any atom is 0.236 e. The Labute approximate surface area is 91.9 Å². The van der Waals surface area contributed by atoms with Crippen LogP contribution in [0.25, 0.3) is 0 Å². The molecular formula is C11H22N2O2. The number of aliphatic hydroxyl groups excluding tert-OH is 1. The average Bonchev–Trinajstić information content (AvgIpc) is 2.67. The van der Waals surface area contributed by atoms with Crippen molar-refractivity contribution in [3.8, 4) is 0 Å². The van der Waals surface area contributed by atoms with Crippen LogP contribution in [0.15, 0.2) is 0 Å². The molecule has 4 nitrogen and oxygen atoms in total. The minimum absolute atomic E-state index is 0.207. The van der Waals surface area contributed by atoms with Crippen molar-refractivity contribution in [1.82, 2.24) is 9.80 Å². The molecule has 1 rings (SSSR count). The fourth-order valence-corrected chi connectivity index (χ4v) is 2.07. The fraction of sp³-hybridized carbons (Fsp3) is 0.909. The zero-order valence-electron chi connectivity index (χ0n) is 9.78. The Morgan fingerprint density at radius 3 is 2.60 bits per heavy atom. The summed E-state index contributed by atoms with van der Waals surface area (Å²) in [6.45, 7) is 8.14. The monoisotopic (exact) mass is 214 g/mol. The number of carbonyl (C=O) groups excluding carboxylic acids is 1. The zero-order valence-corrected chi connectivity index (χ0v) is 9.78. The molecule has 1 heterocycles. The zero-order chi connectivity index (χ0) is 11.3. The van der Waals surface area contributed by atoms with Crippen molar-refractivity contribution < 1.29 is 9.90 Å². The molecule has 1 aliphatic rings. The quantitative estimate of drug-likeness (QED) is 0.709. The fourth-order valence-electron chi connectivity index (χ4n) is 2.07. The molecule has 0 radical (unpaired) electrons. The Kier molecular flexibility index (Phi) is 5.05. The van der Waals surface area contributed by atoms with Gasteiger partial charge in [0.05, 0.1) is 6.54 Å². The largest absolute Gasteiger partial charge is 0.396 e. The summed E-state index contributed by atoms with van der Waals surface area (Å²) in [5.74, 6) is 0.577. The molecule has 15 heavy (non-hydrogen) atoms. The molecule has 1 amide bonds. The predicted molar refractivity (Wildman–Crippen MR) is 59.6 cm³/mol. The second kappa shape index (κ2) is 6.08. The van der Waals surface area contributed by atoms with Crippen molar-refractivity contribution in [2.24, 2.45) is 5.92 Å². The van der Waals surface area contributed by atoms with E-state index in [0.29, 0.717) is 12.5 Å². The summed E-state index contributed by atoms with van der Waals surface area (Å²) in [7, 11) is 0. The number of nitrogens with zero attached hydrogens (tertiary/aromatic N) is 2. The first-order chi connectivity index (χ1) is 7.21. The molecule has 0 unspecified atom stereocenters. The molecule has 0 aromatic rings. The van der Waals surface area contributed by atoms with Crippen LogP contribution in [0.3, 0.4) is 0 Å². The lowest BCUT2D eigenvalue weighted by atomic mass is 10.1. The van der Waals surface area contributed by atoms with E-state index in [1.165, 1.54) is 0 Å². The molecule has 0 saturated carbocycles. The van der Waals surface area contributed by atoms with Gasteiger partial charge in [0.15, 0.2) is 0 Å². The lowest BCUT2D eigenvalue weighted by molar-refractivity contribution is -0.131. The summed E-state index contributed by atoms with van der Waals surface area (Å²) in [5, 5.41) is 9.00. The number of likely N-dealkylation sites (tertiary alicyclic amines) is 1. The highest BCUT2D eigenvalue weighted by Gasteiger charge is 2.24. The third-order valence-corrected chi connectivity index (χ3v) is 3.10. The molecule has 1 aliphatic heterocycles. The maximum atomic E-state index is 11.8.